The Morgan fingerprint density at radius 3 is 2.54 bits per heavy atom. The molecule has 2 amide bonds. The van der Waals surface area contributed by atoms with Crippen LogP contribution in [-0.2, 0) is 11.2 Å². The maximum Gasteiger partial charge on any atom is 0.262 e. The van der Waals surface area contributed by atoms with Crippen molar-refractivity contribution in [3.63, 3.8) is 0 Å². The summed E-state index contributed by atoms with van der Waals surface area (Å²) in [6.07, 6.45) is 0.414. The van der Waals surface area contributed by atoms with E-state index in [1.807, 2.05) is 42.6 Å². The fourth-order valence-corrected chi connectivity index (χ4v) is 2.79. The number of benzene rings is 1. The Morgan fingerprint density at radius 2 is 1.92 bits per heavy atom. The van der Waals surface area contributed by atoms with Crippen LogP contribution in [0.2, 0.25) is 0 Å². The van der Waals surface area contributed by atoms with Gasteiger partial charge in [-0.3, -0.25) is 9.59 Å². The quantitative estimate of drug-likeness (QED) is 0.682. The van der Waals surface area contributed by atoms with Gasteiger partial charge in [-0.25, -0.2) is 0 Å². The highest BCUT2D eigenvalue weighted by Gasteiger charge is 2.22. The summed E-state index contributed by atoms with van der Waals surface area (Å²) < 4.78 is 0. The minimum atomic E-state index is -0.659. The molecule has 0 bridgehead atoms. The lowest BCUT2D eigenvalue weighted by atomic mass is 10.0. The lowest BCUT2D eigenvalue weighted by Gasteiger charge is -2.19. The topological polar surface area (TPSA) is 78.4 Å². The van der Waals surface area contributed by atoms with E-state index >= 15 is 0 Å². The number of hydrogen-bond donors (Lipinski definition) is 3. The smallest absolute Gasteiger partial charge is 0.262 e. The number of thiophene rings is 1. The zero-order valence-corrected chi connectivity index (χ0v) is 14.4. The zero-order valence-electron chi connectivity index (χ0n) is 13.6. The molecule has 1 aromatic carbocycles. The van der Waals surface area contributed by atoms with Crippen molar-refractivity contribution in [2.45, 2.75) is 19.4 Å². The van der Waals surface area contributed by atoms with E-state index in [1.165, 1.54) is 11.3 Å². The maximum atomic E-state index is 12.5. The molecule has 1 aromatic heterocycles. The normalized spacial score (nSPS) is 13.1. The van der Waals surface area contributed by atoms with E-state index in [1.54, 1.807) is 12.1 Å². The molecule has 0 aliphatic rings. The molecule has 0 aliphatic heterocycles. The average Bonchev–Trinajstić information content (AvgIpc) is 3.14. The van der Waals surface area contributed by atoms with Crippen LogP contribution in [0.25, 0.3) is 0 Å². The molecule has 128 valence electrons. The third-order valence-corrected chi connectivity index (χ3v) is 4.45. The highest BCUT2D eigenvalue weighted by molar-refractivity contribution is 7.12. The number of carbonyl (C=O) groups is 2. The van der Waals surface area contributed by atoms with Crippen molar-refractivity contribution >= 4 is 23.2 Å². The molecule has 0 aliphatic carbocycles. The molecule has 2 rings (SSSR count). The molecular weight excluding hydrogens is 324 g/mol. The van der Waals surface area contributed by atoms with Crippen molar-refractivity contribution in [2.24, 2.45) is 5.92 Å². The van der Waals surface area contributed by atoms with Crippen LogP contribution in [0.15, 0.2) is 47.8 Å². The number of aliphatic hydroxyl groups excluding tert-OH is 1. The molecule has 2 aromatic rings. The molecule has 1 heterocycles. The van der Waals surface area contributed by atoms with Crippen LogP contribution in [-0.4, -0.2) is 36.1 Å². The van der Waals surface area contributed by atoms with Gasteiger partial charge in [0, 0.05) is 19.6 Å². The summed E-state index contributed by atoms with van der Waals surface area (Å²) in [5, 5.41) is 16.5. The van der Waals surface area contributed by atoms with E-state index in [9.17, 15) is 9.59 Å². The molecule has 3 N–H and O–H groups in total. The standard InChI is InChI=1S/C18H22N2O3S/c1-13(12-21)11-19-17(22)15(10-14-6-3-2-4-7-14)20-18(23)16-8-5-9-24-16/h2-9,13,15,21H,10-12H2,1H3,(H,19,22)(H,20,23). The van der Waals surface area contributed by atoms with Gasteiger partial charge >= 0.3 is 0 Å². The van der Waals surface area contributed by atoms with Crippen molar-refractivity contribution < 1.29 is 14.7 Å². The molecule has 2 unspecified atom stereocenters. The molecule has 24 heavy (non-hydrogen) atoms. The highest BCUT2D eigenvalue weighted by Crippen LogP contribution is 2.10. The summed E-state index contributed by atoms with van der Waals surface area (Å²) in [6.45, 7) is 2.22. The lowest BCUT2D eigenvalue weighted by molar-refractivity contribution is -0.123. The van der Waals surface area contributed by atoms with Crippen LogP contribution in [0.3, 0.4) is 0 Å². The Labute approximate surface area is 145 Å². The molecule has 0 saturated heterocycles. The van der Waals surface area contributed by atoms with Gasteiger partial charge in [0.2, 0.25) is 5.91 Å². The minimum absolute atomic E-state index is 0.00515. The van der Waals surface area contributed by atoms with Crippen LogP contribution in [0, 0.1) is 5.92 Å². The first kappa shape index (κ1) is 18.2. The zero-order chi connectivity index (χ0) is 17.4. The Hall–Kier alpha value is -2.18. The largest absolute Gasteiger partial charge is 0.396 e. The van der Waals surface area contributed by atoms with E-state index < -0.39 is 6.04 Å². The SMILES string of the molecule is CC(CO)CNC(=O)C(Cc1ccccc1)NC(=O)c1cccs1. The summed E-state index contributed by atoms with van der Waals surface area (Å²) in [5.41, 5.74) is 0.972. The third kappa shape index (κ3) is 5.47. The number of amides is 2. The van der Waals surface area contributed by atoms with Gasteiger partial charge in [-0.1, -0.05) is 43.3 Å². The Balaban J connectivity index is 2.05. The monoisotopic (exact) mass is 346 g/mol. The van der Waals surface area contributed by atoms with Gasteiger partial charge in [0.05, 0.1) is 4.88 Å². The summed E-state index contributed by atoms with van der Waals surface area (Å²) in [6, 6.07) is 12.4. The predicted molar refractivity (Wildman–Crippen MR) is 95.0 cm³/mol. The lowest BCUT2D eigenvalue weighted by Crippen LogP contribution is -2.48. The predicted octanol–water partition coefficient (Wildman–Crippen LogP) is 1.83. The number of carbonyl (C=O) groups excluding carboxylic acids is 2. The van der Waals surface area contributed by atoms with Gasteiger partial charge in [0.15, 0.2) is 0 Å². The van der Waals surface area contributed by atoms with Crippen LogP contribution in [0.5, 0.6) is 0 Å². The summed E-state index contributed by atoms with van der Waals surface area (Å²) >= 11 is 1.34. The van der Waals surface area contributed by atoms with Gasteiger partial charge in [0.25, 0.3) is 5.91 Å². The van der Waals surface area contributed by atoms with Crippen LogP contribution in [0.4, 0.5) is 0 Å². The molecule has 5 nitrogen and oxygen atoms in total. The van der Waals surface area contributed by atoms with Crippen molar-refractivity contribution in [3.05, 3.63) is 58.3 Å². The first-order chi connectivity index (χ1) is 11.6. The third-order valence-electron chi connectivity index (χ3n) is 3.59. The second kappa shape index (κ2) is 9.20. The number of nitrogens with one attached hydrogen (secondary N) is 2. The van der Waals surface area contributed by atoms with E-state index in [-0.39, 0.29) is 24.3 Å². The van der Waals surface area contributed by atoms with Crippen molar-refractivity contribution in [1.29, 1.82) is 0 Å². The molecule has 0 fully saturated rings. The number of rotatable bonds is 8. The number of aliphatic hydroxyl groups is 1. The first-order valence-corrected chi connectivity index (χ1v) is 8.75. The molecule has 0 radical (unpaired) electrons. The van der Waals surface area contributed by atoms with Gasteiger partial charge in [0.1, 0.15) is 6.04 Å². The van der Waals surface area contributed by atoms with E-state index in [4.69, 9.17) is 5.11 Å². The summed E-state index contributed by atoms with van der Waals surface area (Å²) in [7, 11) is 0. The second-order valence-corrected chi connectivity index (χ2v) is 6.67. The molecule has 0 spiro atoms. The van der Waals surface area contributed by atoms with Crippen LogP contribution in [0.1, 0.15) is 22.2 Å². The summed E-state index contributed by atoms with van der Waals surface area (Å²) in [4.78, 5) is 25.3. The fraction of sp³-hybridized carbons (Fsp3) is 0.333. The minimum Gasteiger partial charge on any atom is -0.396 e. The van der Waals surface area contributed by atoms with Crippen LogP contribution < -0.4 is 10.6 Å². The average molecular weight is 346 g/mol. The van der Waals surface area contributed by atoms with Gasteiger partial charge in [-0.15, -0.1) is 11.3 Å². The molecule has 2 atom stereocenters. The number of hydrogen-bond acceptors (Lipinski definition) is 4. The molecule has 6 heteroatoms. The second-order valence-electron chi connectivity index (χ2n) is 5.73. The van der Waals surface area contributed by atoms with Gasteiger partial charge in [-0.2, -0.15) is 0 Å². The Bertz CT molecular complexity index is 644. The van der Waals surface area contributed by atoms with Gasteiger partial charge < -0.3 is 15.7 Å². The van der Waals surface area contributed by atoms with E-state index in [2.05, 4.69) is 10.6 Å². The van der Waals surface area contributed by atoms with Crippen molar-refractivity contribution in [2.75, 3.05) is 13.2 Å². The summed E-state index contributed by atoms with van der Waals surface area (Å²) in [5.74, 6) is -0.528. The Morgan fingerprint density at radius 1 is 1.17 bits per heavy atom. The fourth-order valence-electron chi connectivity index (χ4n) is 2.16. The van der Waals surface area contributed by atoms with Crippen molar-refractivity contribution in [3.8, 4) is 0 Å². The van der Waals surface area contributed by atoms with Crippen molar-refractivity contribution in [1.82, 2.24) is 10.6 Å². The highest BCUT2D eigenvalue weighted by atomic mass is 32.1. The van der Waals surface area contributed by atoms with E-state index in [0.717, 1.165) is 5.56 Å². The maximum absolute atomic E-state index is 12.5. The van der Waals surface area contributed by atoms with E-state index in [0.29, 0.717) is 17.8 Å². The molecule has 0 saturated carbocycles. The Kier molecular flexibility index (Phi) is 6.96. The molecular formula is C18H22N2O3S. The van der Waals surface area contributed by atoms with Gasteiger partial charge in [-0.05, 0) is 22.9 Å². The first-order valence-electron chi connectivity index (χ1n) is 7.87. The van der Waals surface area contributed by atoms with Crippen LogP contribution >= 0.6 is 11.3 Å².